The van der Waals surface area contributed by atoms with Crippen LogP contribution in [0.5, 0.6) is 17.2 Å². The van der Waals surface area contributed by atoms with Gasteiger partial charge in [0.2, 0.25) is 10.0 Å². The number of ether oxygens (including phenoxy) is 2. The third-order valence-electron chi connectivity index (χ3n) is 6.50. The number of carbonyl (C=O) groups is 2. The first-order valence-electron chi connectivity index (χ1n) is 14.2. The maximum absolute atomic E-state index is 13.6. The number of primary sulfonamides is 1. The number of benzene rings is 3. The number of thioether (sulfide) groups is 1. The molecule has 248 valence electrons. The standard InChI is InChI=1S/C32H28BrN5O8S2/c1-2-44-28-14-20(5-11-26(28)39)17-35-37-32-38(18-24-4-3-13-45-24)31(41)29(47-32)16-21-15-22(33)6-12-27(21)46-19-30(40)36-23-7-9-25(10-8-23)48(34,42)43/h3-17,39H,2,18-19H2,1H3,(H,36,40)(H2,34,42,43)/b29-16-,35-17-,37-32+. The summed E-state index contributed by atoms with van der Waals surface area (Å²) in [6.45, 7) is 1.93. The summed E-state index contributed by atoms with van der Waals surface area (Å²) >= 11 is 4.55. The van der Waals surface area contributed by atoms with Crippen molar-refractivity contribution in [1.82, 2.24) is 4.90 Å². The maximum Gasteiger partial charge on any atom is 0.267 e. The van der Waals surface area contributed by atoms with E-state index in [4.69, 9.17) is 19.0 Å². The van der Waals surface area contributed by atoms with Crippen molar-refractivity contribution >= 4 is 72.7 Å². The summed E-state index contributed by atoms with van der Waals surface area (Å²) in [5.41, 5.74) is 1.50. The molecule has 0 spiro atoms. The minimum absolute atomic E-state index is 0.00494. The summed E-state index contributed by atoms with van der Waals surface area (Å²) < 4.78 is 40.4. The number of nitrogens with one attached hydrogen (secondary N) is 1. The Hall–Kier alpha value is -4.90. The Bertz CT molecular complexity index is 2010. The number of phenolic OH excluding ortho intramolecular Hbond substituents is 1. The van der Waals surface area contributed by atoms with Gasteiger partial charge < -0.3 is 24.3 Å². The number of rotatable bonds is 12. The van der Waals surface area contributed by atoms with Gasteiger partial charge in [-0.2, -0.15) is 5.10 Å². The highest BCUT2D eigenvalue weighted by molar-refractivity contribution is 9.10. The second-order valence-corrected chi connectivity index (χ2v) is 13.4. The number of amides is 2. The third kappa shape index (κ3) is 8.92. The quantitative estimate of drug-likeness (QED) is 0.0979. The van der Waals surface area contributed by atoms with E-state index in [9.17, 15) is 23.1 Å². The Labute approximate surface area is 288 Å². The van der Waals surface area contributed by atoms with E-state index in [-0.39, 0.29) is 29.7 Å². The summed E-state index contributed by atoms with van der Waals surface area (Å²) in [6, 6.07) is 18.8. The molecule has 3 aromatic carbocycles. The van der Waals surface area contributed by atoms with Crippen LogP contribution < -0.4 is 19.9 Å². The molecule has 1 saturated heterocycles. The molecule has 4 aromatic rings. The number of furan rings is 1. The molecular formula is C32H28BrN5O8S2. The molecule has 1 fully saturated rings. The molecule has 16 heteroatoms. The number of aromatic hydroxyl groups is 1. The van der Waals surface area contributed by atoms with Gasteiger partial charge in [-0.05, 0) is 103 Å². The van der Waals surface area contributed by atoms with Crippen LogP contribution in [0.25, 0.3) is 6.08 Å². The average Bonchev–Trinajstić information content (AvgIpc) is 3.66. The van der Waals surface area contributed by atoms with Crippen LogP contribution in [0.15, 0.2) is 108 Å². The van der Waals surface area contributed by atoms with Crippen molar-refractivity contribution in [2.24, 2.45) is 15.3 Å². The lowest BCUT2D eigenvalue weighted by Gasteiger charge is -2.13. The van der Waals surface area contributed by atoms with Crippen LogP contribution in [0.4, 0.5) is 5.69 Å². The highest BCUT2D eigenvalue weighted by Crippen LogP contribution is 2.36. The number of nitrogens with zero attached hydrogens (tertiary/aromatic N) is 3. The molecule has 0 radical (unpaired) electrons. The first kappa shape index (κ1) is 34.4. The fourth-order valence-corrected chi connectivity index (χ4v) is 6.10. The van der Waals surface area contributed by atoms with E-state index in [0.29, 0.717) is 55.2 Å². The van der Waals surface area contributed by atoms with Crippen LogP contribution >= 0.6 is 27.7 Å². The molecule has 4 N–H and O–H groups in total. The zero-order chi connectivity index (χ0) is 34.3. The van der Waals surface area contributed by atoms with E-state index >= 15 is 0 Å². The number of sulfonamides is 1. The Morgan fingerprint density at radius 1 is 1.10 bits per heavy atom. The lowest BCUT2D eigenvalue weighted by Crippen LogP contribution is -2.28. The molecule has 1 aliphatic rings. The minimum atomic E-state index is -3.86. The van der Waals surface area contributed by atoms with Crippen LogP contribution in [-0.2, 0) is 26.2 Å². The maximum atomic E-state index is 13.6. The largest absolute Gasteiger partial charge is 0.504 e. The highest BCUT2D eigenvalue weighted by Gasteiger charge is 2.34. The zero-order valence-electron chi connectivity index (χ0n) is 25.2. The molecular weight excluding hydrogens is 726 g/mol. The molecule has 2 amide bonds. The molecule has 13 nitrogen and oxygen atoms in total. The number of anilines is 1. The Kier molecular flexibility index (Phi) is 11.0. The van der Waals surface area contributed by atoms with Crippen LogP contribution in [0, 0.1) is 0 Å². The normalized spacial score (nSPS) is 15.1. The molecule has 0 saturated carbocycles. The van der Waals surface area contributed by atoms with Crippen molar-refractivity contribution in [3.8, 4) is 17.2 Å². The van der Waals surface area contributed by atoms with Gasteiger partial charge in [0.05, 0.1) is 35.4 Å². The molecule has 48 heavy (non-hydrogen) atoms. The number of phenols is 1. The molecule has 0 bridgehead atoms. The van der Waals surface area contributed by atoms with Gasteiger partial charge in [-0.25, -0.2) is 13.6 Å². The zero-order valence-corrected chi connectivity index (χ0v) is 28.4. The SMILES string of the molecule is CCOc1cc(/C=N\N=C2\S/C(=C\c3cc(Br)ccc3OCC(=O)Nc3ccc(S(N)(=O)=O)cc3)C(=O)N2Cc2ccco2)ccc1O. The first-order chi connectivity index (χ1) is 23.0. The van der Waals surface area contributed by atoms with Gasteiger partial charge in [0, 0.05) is 15.7 Å². The van der Waals surface area contributed by atoms with Crippen LogP contribution in [0.3, 0.4) is 0 Å². The molecule has 2 heterocycles. The van der Waals surface area contributed by atoms with Gasteiger partial charge in [0.25, 0.3) is 11.8 Å². The van der Waals surface area contributed by atoms with Gasteiger partial charge in [-0.1, -0.05) is 15.9 Å². The topological polar surface area (TPSA) is 186 Å². The van der Waals surface area contributed by atoms with E-state index in [1.807, 2.05) is 6.92 Å². The molecule has 5 rings (SSSR count). The number of amidine groups is 1. The second kappa shape index (κ2) is 15.3. The fraction of sp³-hybridized carbons (Fsp3) is 0.125. The summed E-state index contributed by atoms with van der Waals surface area (Å²) in [6.07, 6.45) is 4.62. The number of carbonyl (C=O) groups excluding carboxylic acids is 2. The third-order valence-corrected chi connectivity index (χ3v) is 8.92. The van der Waals surface area contributed by atoms with E-state index in [1.54, 1.807) is 48.5 Å². The van der Waals surface area contributed by atoms with E-state index < -0.39 is 15.9 Å². The van der Waals surface area contributed by atoms with Gasteiger partial charge in [-0.3, -0.25) is 14.5 Å². The van der Waals surface area contributed by atoms with Crippen LogP contribution in [0.1, 0.15) is 23.8 Å². The fourth-order valence-electron chi connectivity index (χ4n) is 4.28. The van der Waals surface area contributed by atoms with Crippen molar-refractivity contribution in [2.75, 3.05) is 18.5 Å². The Morgan fingerprint density at radius 2 is 1.90 bits per heavy atom. The monoisotopic (exact) mass is 753 g/mol. The number of hydrogen-bond acceptors (Lipinski definition) is 11. The Balaban J connectivity index is 1.35. The van der Waals surface area contributed by atoms with Gasteiger partial charge in [-0.15, -0.1) is 5.10 Å². The van der Waals surface area contributed by atoms with E-state index in [1.165, 1.54) is 47.7 Å². The molecule has 1 aliphatic heterocycles. The highest BCUT2D eigenvalue weighted by atomic mass is 79.9. The molecule has 0 unspecified atom stereocenters. The summed E-state index contributed by atoms with van der Waals surface area (Å²) in [5, 5.41) is 26.5. The Morgan fingerprint density at radius 3 is 2.60 bits per heavy atom. The first-order valence-corrected chi connectivity index (χ1v) is 17.3. The lowest BCUT2D eigenvalue weighted by molar-refractivity contribution is -0.122. The van der Waals surface area contributed by atoms with Crippen LogP contribution in [0.2, 0.25) is 0 Å². The minimum Gasteiger partial charge on any atom is -0.504 e. The van der Waals surface area contributed by atoms with Gasteiger partial charge in [0.15, 0.2) is 23.3 Å². The van der Waals surface area contributed by atoms with Crippen LogP contribution in [-0.4, -0.2) is 54.8 Å². The van der Waals surface area contributed by atoms with Gasteiger partial charge in [0.1, 0.15) is 11.5 Å². The van der Waals surface area contributed by atoms with Crippen molar-refractivity contribution in [2.45, 2.75) is 18.4 Å². The summed E-state index contributed by atoms with van der Waals surface area (Å²) in [4.78, 5) is 27.9. The van der Waals surface area contributed by atoms with Crippen molar-refractivity contribution in [3.05, 3.63) is 105 Å². The van der Waals surface area contributed by atoms with Crippen molar-refractivity contribution in [1.29, 1.82) is 0 Å². The molecule has 0 atom stereocenters. The molecule has 0 aliphatic carbocycles. The second-order valence-electron chi connectivity index (χ2n) is 9.96. The predicted octanol–water partition coefficient (Wildman–Crippen LogP) is 5.32. The number of hydrogen-bond donors (Lipinski definition) is 3. The average molecular weight is 755 g/mol. The van der Waals surface area contributed by atoms with Crippen molar-refractivity contribution < 1.29 is 37.0 Å². The predicted molar refractivity (Wildman–Crippen MR) is 185 cm³/mol. The van der Waals surface area contributed by atoms with E-state index in [2.05, 4.69) is 31.4 Å². The number of nitrogens with two attached hydrogens (primary N) is 1. The lowest BCUT2D eigenvalue weighted by atomic mass is 10.2. The number of halogens is 1. The van der Waals surface area contributed by atoms with Gasteiger partial charge >= 0.3 is 0 Å². The smallest absolute Gasteiger partial charge is 0.267 e. The summed E-state index contributed by atoms with van der Waals surface area (Å²) in [5.74, 6) is 0.346. The summed E-state index contributed by atoms with van der Waals surface area (Å²) in [7, 11) is -3.86. The molecule has 1 aromatic heterocycles. The van der Waals surface area contributed by atoms with Crippen molar-refractivity contribution in [3.63, 3.8) is 0 Å². The van der Waals surface area contributed by atoms with E-state index in [0.717, 1.165) is 11.8 Å².